The standard InChI is InChI=1S/C22H18N4O2S2/c23-20(28)17-11-12-29-21(17)25-19(27)14-30-22-24-13-18(15-7-3-1-4-8-15)26(22)16-9-5-2-6-10-16/h1-13H,14H2,(H2,23,28)(H,25,27). The smallest absolute Gasteiger partial charge is 0.251 e. The highest BCUT2D eigenvalue weighted by atomic mass is 32.2. The highest BCUT2D eigenvalue weighted by molar-refractivity contribution is 7.99. The number of nitrogens with zero attached hydrogens (tertiary/aromatic N) is 2. The summed E-state index contributed by atoms with van der Waals surface area (Å²) in [5.41, 5.74) is 8.60. The number of nitrogens with two attached hydrogens (primary N) is 1. The van der Waals surface area contributed by atoms with Gasteiger partial charge in [-0.25, -0.2) is 4.98 Å². The summed E-state index contributed by atoms with van der Waals surface area (Å²) in [6, 6.07) is 21.5. The van der Waals surface area contributed by atoms with Gasteiger partial charge in [0.25, 0.3) is 5.91 Å². The van der Waals surface area contributed by atoms with Crippen molar-refractivity contribution in [3.05, 3.63) is 83.9 Å². The fourth-order valence-electron chi connectivity index (χ4n) is 2.97. The number of nitrogens with one attached hydrogen (secondary N) is 1. The Labute approximate surface area is 181 Å². The maximum absolute atomic E-state index is 12.5. The van der Waals surface area contributed by atoms with Crippen molar-refractivity contribution in [1.82, 2.24) is 9.55 Å². The van der Waals surface area contributed by atoms with Gasteiger partial charge in [0.2, 0.25) is 5.91 Å². The van der Waals surface area contributed by atoms with Gasteiger partial charge in [0, 0.05) is 11.3 Å². The van der Waals surface area contributed by atoms with E-state index in [1.165, 1.54) is 23.1 Å². The van der Waals surface area contributed by atoms with E-state index in [0.29, 0.717) is 15.7 Å². The first kappa shape index (κ1) is 19.9. The highest BCUT2D eigenvalue weighted by Gasteiger charge is 2.17. The number of carbonyl (C=O) groups is 2. The van der Waals surface area contributed by atoms with Gasteiger partial charge in [-0.15, -0.1) is 11.3 Å². The molecule has 0 aliphatic carbocycles. The predicted molar refractivity (Wildman–Crippen MR) is 121 cm³/mol. The normalized spacial score (nSPS) is 10.7. The molecule has 6 nitrogen and oxygen atoms in total. The lowest BCUT2D eigenvalue weighted by Gasteiger charge is -2.12. The zero-order valence-corrected chi connectivity index (χ0v) is 17.5. The molecular formula is C22H18N4O2S2. The average molecular weight is 435 g/mol. The molecule has 4 rings (SSSR count). The molecule has 0 unspecified atom stereocenters. The molecule has 0 bridgehead atoms. The Kier molecular flexibility index (Phi) is 5.97. The van der Waals surface area contributed by atoms with Crippen LogP contribution < -0.4 is 11.1 Å². The number of para-hydroxylation sites is 1. The summed E-state index contributed by atoms with van der Waals surface area (Å²) in [5, 5.41) is 5.65. The minimum Gasteiger partial charge on any atom is -0.366 e. The molecule has 8 heteroatoms. The van der Waals surface area contributed by atoms with Crippen LogP contribution >= 0.6 is 23.1 Å². The molecule has 3 N–H and O–H groups in total. The molecule has 2 amide bonds. The molecule has 4 aromatic rings. The summed E-state index contributed by atoms with van der Waals surface area (Å²) < 4.78 is 2.03. The van der Waals surface area contributed by atoms with Gasteiger partial charge in [0.05, 0.1) is 23.2 Å². The number of thiophene rings is 1. The molecule has 2 aromatic carbocycles. The first-order valence-electron chi connectivity index (χ1n) is 9.12. The van der Waals surface area contributed by atoms with Crippen LogP contribution in [-0.4, -0.2) is 27.1 Å². The molecule has 0 atom stereocenters. The van der Waals surface area contributed by atoms with Crippen molar-refractivity contribution in [1.29, 1.82) is 0 Å². The van der Waals surface area contributed by atoms with Crippen molar-refractivity contribution >= 4 is 39.9 Å². The number of rotatable bonds is 7. The van der Waals surface area contributed by atoms with Crippen LogP contribution in [0.3, 0.4) is 0 Å². The molecule has 0 radical (unpaired) electrons. The first-order chi connectivity index (χ1) is 14.6. The largest absolute Gasteiger partial charge is 0.366 e. The second-order valence-electron chi connectivity index (χ2n) is 6.33. The number of imidazole rings is 1. The molecule has 0 saturated heterocycles. The second-order valence-corrected chi connectivity index (χ2v) is 8.19. The van der Waals surface area contributed by atoms with Gasteiger partial charge < -0.3 is 11.1 Å². The van der Waals surface area contributed by atoms with E-state index in [2.05, 4.69) is 10.3 Å². The molecule has 30 heavy (non-hydrogen) atoms. The van der Waals surface area contributed by atoms with Gasteiger partial charge >= 0.3 is 0 Å². The molecule has 2 aromatic heterocycles. The lowest BCUT2D eigenvalue weighted by Crippen LogP contribution is -2.18. The highest BCUT2D eigenvalue weighted by Crippen LogP contribution is 2.30. The minimum absolute atomic E-state index is 0.147. The summed E-state index contributed by atoms with van der Waals surface area (Å²) >= 11 is 2.60. The average Bonchev–Trinajstić information content (AvgIpc) is 3.40. The first-order valence-corrected chi connectivity index (χ1v) is 11.0. The summed E-state index contributed by atoms with van der Waals surface area (Å²) in [6.45, 7) is 0. The molecule has 0 aliphatic heterocycles. The number of hydrogen-bond acceptors (Lipinski definition) is 5. The van der Waals surface area contributed by atoms with E-state index in [-0.39, 0.29) is 11.7 Å². The SMILES string of the molecule is NC(=O)c1ccsc1NC(=O)CSc1ncc(-c2ccccc2)n1-c1ccccc1. The molecule has 2 heterocycles. The number of aromatic nitrogens is 2. The molecular weight excluding hydrogens is 416 g/mol. The number of hydrogen-bond donors (Lipinski definition) is 2. The zero-order chi connectivity index (χ0) is 20.9. The Morgan fingerprint density at radius 3 is 2.43 bits per heavy atom. The third-order valence-corrected chi connectivity index (χ3v) is 6.11. The number of thioether (sulfide) groups is 1. The Morgan fingerprint density at radius 2 is 1.73 bits per heavy atom. The summed E-state index contributed by atoms with van der Waals surface area (Å²) in [4.78, 5) is 28.5. The maximum atomic E-state index is 12.5. The third kappa shape index (κ3) is 4.29. The number of carbonyl (C=O) groups excluding carboxylic acids is 2. The Bertz CT molecular complexity index is 1170. The van der Waals surface area contributed by atoms with E-state index < -0.39 is 5.91 Å². The van der Waals surface area contributed by atoms with Crippen LogP contribution in [-0.2, 0) is 4.79 Å². The fraction of sp³-hybridized carbons (Fsp3) is 0.0455. The van der Waals surface area contributed by atoms with Crippen molar-refractivity contribution in [2.45, 2.75) is 5.16 Å². The molecule has 0 spiro atoms. The summed E-state index contributed by atoms with van der Waals surface area (Å²) in [6.07, 6.45) is 1.81. The topological polar surface area (TPSA) is 90.0 Å². The van der Waals surface area contributed by atoms with Crippen molar-refractivity contribution < 1.29 is 9.59 Å². The van der Waals surface area contributed by atoms with Crippen molar-refractivity contribution in [2.75, 3.05) is 11.1 Å². The number of primary amides is 1. The summed E-state index contributed by atoms with van der Waals surface area (Å²) in [7, 11) is 0. The summed E-state index contributed by atoms with van der Waals surface area (Å²) in [5.74, 6) is -0.645. The van der Waals surface area contributed by atoms with Crippen LogP contribution in [0.5, 0.6) is 0 Å². The fourth-order valence-corrected chi connectivity index (χ4v) is 4.57. The van der Waals surface area contributed by atoms with E-state index in [0.717, 1.165) is 16.9 Å². The quantitative estimate of drug-likeness (QED) is 0.421. The van der Waals surface area contributed by atoms with Gasteiger partial charge in [-0.1, -0.05) is 60.3 Å². The minimum atomic E-state index is -0.564. The van der Waals surface area contributed by atoms with E-state index in [9.17, 15) is 9.59 Å². The van der Waals surface area contributed by atoms with Gasteiger partial charge in [-0.2, -0.15) is 0 Å². The molecule has 0 saturated carbocycles. The van der Waals surface area contributed by atoms with Crippen LogP contribution in [0.15, 0.2) is 83.5 Å². The monoisotopic (exact) mass is 434 g/mol. The van der Waals surface area contributed by atoms with E-state index in [1.807, 2.05) is 71.4 Å². The number of benzene rings is 2. The van der Waals surface area contributed by atoms with E-state index in [1.54, 1.807) is 11.4 Å². The molecule has 0 fully saturated rings. The molecule has 150 valence electrons. The van der Waals surface area contributed by atoms with E-state index >= 15 is 0 Å². The lowest BCUT2D eigenvalue weighted by atomic mass is 10.1. The van der Waals surface area contributed by atoms with Crippen molar-refractivity contribution in [3.63, 3.8) is 0 Å². The Morgan fingerprint density at radius 1 is 1.03 bits per heavy atom. The van der Waals surface area contributed by atoms with Crippen LogP contribution in [0.2, 0.25) is 0 Å². The lowest BCUT2D eigenvalue weighted by molar-refractivity contribution is -0.113. The Balaban J connectivity index is 1.57. The van der Waals surface area contributed by atoms with Gasteiger partial charge in [0.1, 0.15) is 5.00 Å². The van der Waals surface area contributed by atoms with Crippen molar-refractivity contribution in [2.24, 2.45) is 5.73 Å². The zero-order valence-electron chi connectivity index (χ0n) is 15.8. The van der Waals surface area contributed by atoms with Gasteiger partial charge in [0.15, 0.2) is 5.16 Å². The Hall–Kier alpha value is -3.36. The van der Waals surface area contributed by atoms with Gasteiger partial charge in [-0.05, 0) is 23.6 Å². The van der Waals surface area contributed by atoms with Crippen LogP contribution in [0.25, 0.3) is 16.9 Å². The molecule has 0 aliphatic rings. The number of amides is 2. The number of anilines is 1. The van der Waals surface area contributed by atoms with Crippen LogP contribution in [0.1, 0.15) is 10.4 Å². The maximum Gasteiger partial charge on any atom is 0.251 e. The van der Waals surface area contributed by atoms with E-state index in [4.69, 9.17) is 5.73 Å². The van der Waals surface area contributed by atoms with Crippen molar-refractivity contribution in [3.8, 4) is 16.9 Å². The second kappa shape index (κ2) is 8.98. The van der Waals surface area contributed by atoms with Crippen LogP contribution in [0.4, 0.5) is 5.00 Å². The third-order valence-electron chi connectivity index (χ3n) is 4.33. The van der Waals surface area contributed by atoms with Crippen LogP contribution in [0, 0.1) is 0 Å². The van der Waals surface area contributed by atoms with Gasteiger partial charge in [-0.3, -0.25) is 14.2 Å². The predicted octanol–water partition coefficient (Wildman–Crippen LogP) is 4.43.